The molecule has 4 rings (SSSR count). The predicted octanol–water partition coefficient (Wildman–Crippen LogP) is 4.10. The Labute approximate surface area is 160 Å². The lowest BCUT2D eigenvalue weighted by atomic mass is 9.76. The van der Waals surface area contributed by atoms with Gasteiger partial charge in [0.15, 0.2) is 0 Å². The minimum atomic E-state index is -0.160. The molecule has 138 valence electrons. The molecule has 1 aromatic heterocycles. The smallest absolute Gasteiger partial charge is 0.129 e. The number of hydrogen-bond acceptors (Lipinski definition) is 4. The first kappa shape index (κ1) is 17.7. The third-order valence-electron chi connectivity index (χ3n) is 5.73. The van der Waals surface area contributed by atoms with Gasteiger partial charge in [-0.3, -0.25) is 0 Å². The van der Waals surface area contributed by atoms with E-state index in [1.54, 1.807) is 6.33 Å². The topological polar surface area (TPSA) is 63.8 Å². The van der Waals surface area contributed by atoms with Crippen molar-refractivity contribution in [3.8, 4) is 0 Å². The van der Waals surface area contributed by atoms with Gasteiger partial charge in [-0.2, -0.15) is 0 Å². The van der Waals surface area contributed by atoms with Crippen molar-refractivity contribution in [2.24, 2.45) is 5.73 Å². The summed E-state index contributed by atoms with van der Waals surface area (Å²) >= 11 is 0. The molecule has 1 heterocycles. The van der Waals surface area contributed by atoms with Crippen molar-refractivity contribution in [2.75, 3.05) is 11.9 Å². The minimum Gasteiger partial charge on any atom is -0.369 e. The van der Waals surface area contributed by atoms with Crippen molar-refractivity contribution in [2.45, 2.75) is 37.1 Å². The molecule has 0 aliphatic heterocycles. The lowest BCUT2D eigenvalue weighted by Crippen LogP contribution is -2.35. The summed E-state index contributed by atoms with van der Waals surface area (Å²) in [5.74, 6) is 1.34. The summed E-state index contributed by atoms with van der Waals surface area (Å²) < 4.78 is 0. The van der Waals surface area contributed by atoms with Gasteiger partial charge in [-0.15, -0.1) is 0 Å². The summed E-state index contributed by atoms with van der Waals surface area (Å²) in [6.45, 7) is 3.03. The van der Waals surface area contributed by atoms with Crippen molar-refractivity contribution in [3.63, 3.8) is 0 Å². The fourth-order valence-electron chi connectivity index (χ4n) is 3.85. The molecule has 3 N–H and O–H groups in total. The highest BCUT2D eigenvalue weighted by Gasteiger charge is 2.30. The lowest BCUT2D eigenvalue weighted by Gasteiger charge is -2.33. The fourth-order valence-corrected chi connectivity index (χ4v) is 3.85. The molecular formula is C23H26N4. The van der Waals surface area contributed by atoms with Gasteiger partial charge in [0.2, 0.25) is 0 Å². The zero-order chi connectivity index (χ0) is 18.7. The zero-order valence-corrected chi connectivity index (χ0v) is 15.7. The monoisotopic (exact) mass is 358 g/mol. The summed E-state index contributed by atoms with van der Waals surface area (Å²) in [5, 5.41) is 3.55. The molecule has 0 amide bonds. The summed E-state index contributed by atoms with van der Waals surface area (Å²) in [4.78, 5) is 8.89. The third kappa shape index (κ3) is 3.71. The van der Waals surface area contributed by atoms with E-state index < -0.39 is 0 Å². The standard InChI is InChI=1S/C23H26N4/c1-23(18-8-4-2-5-9-18,19-10-6-3-7-11-19)15-25-22-14-21(26-16-27-22)17-12-20(24)13-17/h2-11,14,16-17,20H,12-13,15,24H2,1H3,(H,25,26,27). The number of anilines is 1. The number of hydrogen-bond donors (Lipinski definition) is 2. The van der Waals surface area contributed by atoms with Crippen LogP contribution < -0.4 is 11.1 Å². The van der Waals surface area contributed by atoms with Crippen LogP contribution in [0.15, 0.2) is 73.1 Å². The molecular weight excluding hydrogens is 332 g/mol. The molecule has 27 heavy (non-hydrogen) atoms. The Morgan fingerprint density at radius 2 is 1.56 bits per heavy atom. The van der Waals surface area contributed by atoms with Crippen molar-refractivity contribution < 1.29 is 0 Å². The van der Waals surface area contributed by atoms with Crippen molar-refractivity contribution in [1.29, 1.82) is 0 Å². The molecule has 1 fully saturated rings. The van der Waals surface area contributed by atoms with Crippen molar-refractivity contribution in [1.82, 2.24) is 9.97 Å². The number of nitrogens with one attached hydrogen (secondary N) is 1. The predicted molar refractivity (Wildman–Crippen MR) is 110 cm³/mol. The second-order valence-corrected chi connectivity index (χ2v) is 7.67. The Morgan fingerprint density at radius 1 is 0.963 bits per heavy atom. The van der Waals surface area contributed by atoms with Crippen LogP contribution in [0.4, 0.5) is 5.82 Å². The van der Waals surface area contributed by atoms with Gasteiger partial charge in [-0.25, -0.2) is 9.97 Å². The maximum atomic E-state index is 5.93. The van der Waals surface area contributed by atoms with E-state index in [1.807, 2.05) is 0 Å². The Morgan fingerprint density at radius 3 is 2.11 bits per heavy atom. The van der Waals surface area contributed by atoms with Crippen LogP contribution in [0, 0.1) is 0 Å². The Kier molecular flexibility index (Phi) is 4.90. The normalized spacial score (nSPS) is 19.3. The molecule has 0 unspecified atom stereocenters. The number of nitrogens with zero attached hydrogens (tertiary/aromatic N) is 2. The molecule has 1 saturated carbocycles. The number of benzene rings is 2. The van der Waals surface area contributed by atoms with Crippen molar-refractivity contribution >= 4 is 5.82 Å². The van der Waals surface area contributed by atoms with Crippen LogP contribution in [-0.4, -0.2) is 22.6 Å². The van der Waals surface area contributed by atoms with E-state index in [4.69, 9.17) is 5.73 Å². The Balaban J connectivity index is 1.57. The zero-order valence-electron chi connectivity index (χ0n) is 15.7. The van der Waals surface area contributed by atoms with Gasteiger partial charge in [0.1, 0.15) is 12.1 Å². The van der Waals surface area contributed by atoms with Gasteiger partial charge in [0, 0.05) is 35.7 Å². The van der Waals surface area contributed by atoms with Crippen LogP contribution in [-0.2, 0) is 5.41 Å². The first-order chi connectivity index (χ1) is 13.1. The highest BCUT2D eigenvalue weighted by atomic mass is 15.0. The number of nitrogens with two attached hydrogens (primary N) is 1. The number of aromatic nitrogens is 2. The first-order valence-corrected chi connectivity index (χ1v) is 9.57. The van der Waals surface area contributed by atoms with Crippen LogP contribution in [0.1, 0.15) is 42.5 Å². The lowest BCUT2D eigenvalue weighted by molar-refractivity contribution is 0.345. The summed E-state index contributed by atoms with van der Waals surface area (Å²) in [7, 11) is 0. The van der Waals surface area contributed by atoms with E-state index in [0.717, 1.165) is 30.9 Å². The summed E-state index contributed by atoms with van der Waals surface area (Å²) in [5.41, 5.74) is 9.42. The summed E-state index contributed by atoms with van der Waals surface area (Å²) in [6.07, 6.45) is 3.69. The minimum absolute atomic E-state index is 0.160. The molecule has 0 spiro atoms. The highest BCUT2D eigenvalue weighted by Crippen LogP contribution is 2.35. The molecule has 1 aliphatic rings. The molecule has 4 heteroatoms. The van der Waals surface area contributed by atoms with Crippen LogP contribution in [0.5, 0.6) is 0 Å². The van der Waals surface area contributed by atoms with E-state index in [-0.39, 0.29) is 5.41 Å². The Hall–Kier alpha value is -2.72. The van der Waals surface area contributed by atoms with E-state index >= 15 is 0 Å². The van der Waals surface area contributed by atoms with Gasteiger partial charge in [-0.05, 0) is 30.9 Å². The SMILES string of the molecule is CC(CNc1cc(C2CC(N)C2)ncn1)(c1ccccc1)c1ccccc1. The molecule has 0 bridgehead atoms. The summed E-state index contributed by atoms with van der Waals surface area (Å²) in [6, 6.07) is 23.7. The van der Waals surface area contributed by atoms with Gasteiger partial charge < -0.3 is 11.1 Å². The molecule has 2 aromatic carbocycles. The number of rotatable bonds is 6. The van der Waals surface area contributed by atoms with Crippen LogP contribution in [0.3, 0.4) is 0 Å². The average molecular weight is 358 g/mol. The molecule has 0 radical (unpaired) electrons. The molecule has 0 atom stereocenters. The fraction of sp³-hybridized carbons (Fsp3) is 0.304. The molecule has 4 nitrogen and oxygen atoms in total. The highest BCUT2D eigenvalue weighted by molar-refractivity contribution is 5.44. The molecule has 1 aliphatic carbocycles. The maximum absolute atomic E-state index is 5.93. The van der Waals surface area contributed by atoms with Crippen molar-refractivity contribution in [3.05, 3.63) is 89.9 Å². The maximum Gasteiger partial charge on any atom is 0.129 e. The molecule has 3 aromatic rings. The van der Waals surface area contributed by atoms with Gasteiger partial charge >= 0.3 is 0 Å². The quantitative estimate of drug-likeness (QED) is 0.696. The van der Waals surface area contributed by atoms with Gasteiger partial charge in [-0.1, -0.05) is 60.7 Å². The largest absolute Gasteiger partial charge is 0.369 e. The Bertz CT molecular complexity index is 834. The van der Waals surface area contributed by atoms with Crippen LogP contribution in [0.25, 0.3) is 0 Å². The van der Waals surface area contributed by atoms with Gasteiger partial charge in [0.05, 0.1) is 0 Å². The first-order valence-electron chi connectivity index (χ1n) is 9.57. The third-order valence-corrected chi connectivity index (χ3v) is 5.73. The van der Waals surface area contributed by atoms with Gasteiger partial charge in [0.25, 0.3) is 0 Å². The second-order valence-electron chi connectivity index (χ2n) is 7.67. The van der Waals surface area contributed by atoms with Crippen LogP contribution in [0.2, 0.25) is 0 Å². The van der Waals surface area contributed by atoms with E-state index in [1.165, 1.54) is 11.1 Å². The van der Waals surface area contributed by atoms with E-state index in [9.17, 15) is 0 Å². The second kappa shape index (κ2) is 7.49. The van der Waals surface area contributed by atoms with E-state index in [2.05, 4.69) is 88.9 Å². The van der Waals surface area contributed by atoms with E-state index in [0.29, 0.717) is 12.0 Å². The average Bonchev–Trinajstić information content (AvgIpc) is 2.71. The molecule has 0 saturated heterocycles. The van der Waals surface area contributed by atoms with Crippen LogP contribution >= 0.6 is 0 Å².